The molecule has 0 rings (SSSR count). The lowest BCUT2D eigenvalue weighted by Crippen LogP contribution is -2.38. The van der Waals surface area contributed by atoms with Gasteiger partial charge in [-0.2, -0.15) is 0 Å². The molecular formula is C30H61O7S-. The molecule has 0 aromatic rings. The summed E-state index contributed by atoms with van der Waals surface area (Å²) in [4.78, 5) is 0. The van der Waals surface area contributed by atoms with Crippen molar-refractivity contribution in [1.82, 2.24) is 0 Å². The molecule has 0 aromatic heterocycles. The summed E-state index contributed by atoms with van der Waals surface area (Å²) in [6.45, 7) is 7.21. The second kappa shape index (κ2) is 26.9. The van der Waals surface area contributed by atoms with Gasteiger partial charge in [-0.05, 0) is 25.7 Å². The van der Waals surface area contributed by atoms with Gasteiger partial charge in [-0.25, -0.2) is 8.42 Å². The monoisotopic (exact) mass is 565 g/mol. The molecule has 0 saturated carbocycles. The van der Waals surface area contributed by atoms with Crippen molar-refractivity contribution in [2.75, 3.05) is 46.8 Å². The van der Waals surface area contributed by atoms with Gasteiger partial charge in [0.2, 0.25) is 10.4 Å². The van der Waals surface area contributed by atoms with E-state index in [1.165, 1.54) is 70.6 Å². The molecule has 8 heteroatoms. The van der Waals surface area contributed by atoms with Crippen molar-refractivity contribution >= 4 is 10.4 Å². The third kappa shape index (κ3) is 26.0. The highest BCUT2D eigenvalue weighted by Gasteiger charge is 2.32. The van der Waals surface area contributed by atoms with E-state index >= 15 is 0 Å². The highest BCUT2D eigenvalue weighted by atomic mass is 32.3. The van der Waals surface area contributed by atoms with Gasteiger partial charge in [0, 0.05) is 32.3 Å². The van der Waals surface area contributed by atoms with Gasteiger partial charge in [0.05, 0.1) is 19.8 Å². The van der Waals surface area contributed by atoms with E-state index in [1.807, 2.05) is 0 Å². The van der Waals surface area contributed by atoms with Crippen LogP contribution in [0.2, 0.25) is 0 Å². The Morgan fingerprint density at radius 2 is 0.974 bits per heavy atom. The maximum atomic E-state index is 11.2. The summed E-state index contributed by atoms with van der Waals surface area (Å²) >= 11 is 0. The van der Waals surface area contributed by atoms with Gasteiger partial charge in [-0.3, -0.25) is 4.18 Å². The Morgan fingerprint density at radius 1 is 0.553 bits per heavy atom. The SMILES string of the molecule is CCCCCCCCCCCCOC[C@@](CCCCCCCOCCCCCC)(COC)COS(=O)(=O)[O-]. The topological polar surface area (TPSA) is 94.1 Å². The predicted octanol–water partition coefficient (Wildman–Crippen LogP) is 7.97. The molecule has 0 heterocycles. The molecule has 230 valence electrons. The van der Waals surface area contributed by atoms with E-state index < -0.39 is 15.8 Å². The first kappa shape index (κ1) is 37.8. The minimum Gasteiger partial charge on any atom is -0.726 e. The van der Waals surface area contributed by atoms with E-state index in [-0.39, 0.29) is 6.61 Å². The first-order chi connectivity index (χ1) is 18.4. The molecule has 0 fully saturated rings. The van der Waals surface area contributed by atoms with Crippen LogP contribution in [0.4, 0.5) is 0 Å². The molecule has 0 N–H and O–H groups in total. The molecule has 38 heavy (non-hydrogen) atoms. The zero-order valence-corrected chi connectivity index (χ0v) is 26.0. The van der Waals surface area contributed by atoms with Gasteiger partial charge in [0.1, 0.15) is 0 Å². The van der Waals surface area contributed by atoms with E-state index in [9.17, 15) is 13.0 Å². The quantitative estimate of drug-likeness (QED) is 0.0478. The average molecular weight is 566 g/mol. The van der Waals surface area contributed by atoms with Crippen molar-refractivity contribution in [3.63, 3.8) is 0 Å². The third-order valence-corrected chi connectivity index (χ3v) is 7.55. The number of hydrogen-bond acceptors (Lipinski definition) is 7. The third-order valence-electron chi connectivity index (χ3n) is 7.15. The summed E-state index contributed by atoms with van der Waals surface area (Å²) in [7, 11) is -3.17. The fourth-order valence-electron chi connectivity index (χ4n) is 4.79. The minimum absolute atomic E-state index is 0.198. The highest BCUT2D eigenvalue weighted by molar-refractivity contribution is 7.80. The number of unbranched alkanes of at least 4 members (excludes halogenated alkanes) is 16. The fourth-order valence-corrected chi connectivity index (χ4v) is 5.19. The standard InChI is InChI=1S/C30H62O7S/c1-4-6-8-10-11-12-13-14-17-22-26-36-28-30(27-34-3,29-37-38(31,32)33)23-19-16-15-18-21-25-35-24-20-9-7-5-2/h4-29H2,1-3H3,(H,31,32,33)/p-1/t30-/m1/s1. The largest absolute Gasteiger partial charge is 0.726 e. The van der Waals surface area contributed by atoms with Crippen LogP contribution in [-0.2, 0) is 28.8 Å². The summed E-state index contributed by atoms with van der Waals surface area (Å²) in [6, 6.07) is 0. The normalized spacial score (nSPS) is 13.7. The Kier molecular flexibility index (Phi) is 26.8. The number of ether oxygens (including phenoxy) is 3. The summed E-state index contributed by atoms with van der Waals surface area (Å²) in [5, 5.41) is 0. The summed E-state index contributed by atoms with van der Waals surface area (Å²) < 4.78 is 55.3. The second-order valence-corrected chi connectivity index (χ2v) is 12.1. The van der Waals surface area contributed by atoms with Crippen LogP contribution in [0.5, 0.6) is 0 Å². The zero-order valence-electron chi connectivity index (χ0n) is 25.2. The average Bonchev–Trinajstić information content (AvgIpc) is 2.88. The van der Waals surface area contributed by atoms with Crippen molar-refractivity contribution in [3.8, 4) is 0 Å². The Bertz CT molecular complexity index is 555. The Morgan fingerprint density at radius 3 is 1.45 bits per heavy atom. The molecular weight excluding hydrogens is 504 g/mol. The molecule has 0 aliphatic carbocycles. The summed E-state index contributed by atoms with van der Waals surface area (Å²) in [6.07, 6.45) is 23.5. The van der Waals surface area contributed by atoms with Crippen molar-refractivity contribution in [2.24, 2.45) is 5.41 Å². The summed E-state index contributed by atoms with van der Waals surface area (Å²) in [5.74, 6) is 0. The molecule has 0 amide bonds. The van der Waals surface area contributed by atoms with Crippen LogP contribution in [0.25, 0.3) is 0 Å². The highest BCUT2D eigenvalue weighted by Crippen LogP contribution is 2.28. The number of hydrogen-bond donors (Lipinski definition) is 0. The molecule has 0 saturated heterocycles. The van der Waals surface area contributed by atoms with Crippen molar-refractivity contribution in [2.45, 2.75) is 142 Å². The van der Waals surface area contributed by atoms with Crippen LogP contribution in [0.3, 0.4) is 0 Å². The van der Waals surface area contributed by atoms with E-state index in [2.05, 4.69) is 13.8 Å². The van der Waals surface area contributed by atoms with Gasteiger partial charge < -0.3 is 18.8 Å². The summed E-state index contributed by atoms with van der Waals surface area (Å²) in [5.41, 5.74) is -0.633. The predicted molar refractivity (Wildman–Crippen MR) is 155 cm³/mol. The van der Waals surface area contributed by atoms with Gasteiger partial charge in [-0.15, -0.1) is 0 Å². The fraction of sp³-hybridized carbons (Fsp3) is 1.00. The lowest BCUT2D eigenvalue weighted by molar-refractivity contribution is -0.0411. The molecule has 0 aliphatic heterocycles. The first-order valence-electron chi connectivity index (χ1n) is 15.6. The smallest absolute Gasteiger partial charge is 0.217 e. The van der Waals surface area contributed by atoms with Crippen molar-refractivity contribution in [1.29, 1.82) is 0 Å². The molecule has 0 radical (unpaired) electrons. The Balaban J connectivity index is 4.21. The molecule has 0 unspecified atom stereocenters. The molecule has 1 atom stereocenters. The van der Waals surface area contributed by atoms with Crippen molar-refractivity contribution < 1.29 is 31.4 Å². The van der Waals surface area contributed by atoms with Crippen LogP contribution in [-0.4, -0.2) is 59.7 Å². The lowest BCUT2D eigenvalue weighted by Gasteiger charge is -2.33. The molecule has 7 nitrogen and oxygen atoms in total. The van der Waals surface area contributed by atoms with Crippen LogP contribution < -0.4 is 0 Å². The maximum absolute atomic E-state index is 11.2. The van der Waals surface area contributed by atoms with Crippen LogP contribution >= 0.6 is 0 Å². The molecule has 0 bridgehead atoms. The maximum Gasteiger partial charge on any atom is 0.217 e. The zero-order chi connectivity index (χ0) is 28.2. The van der Waals surface area contributed by atoms with E-state index in [0.717, 1.165) is 64.6 Å². The van der Waals surface area contributed by atoms with E-state index in [1.54, 1.807) is 7.11 Å². The molecule has 0 aliphatic rings. The number of rotatable bonds is 31. The number of methoxy groups -OCH3 is 1. The molecule has 0 spiro atoms. The Labute approximate surface area is 236 Å². The lowest BCUT2D eigenvalue weighted by atomic mass is 9.84. The van der Waals surface area contributed by atoms with E-state index in [0.29, 0.717) is 26.2 Å². The van der Waals surface area contributed by atoms with Gasteiger partial charge >= 0.3 is 0 Å². The molecule has 0 aromatic carbocycles. The Hall–Kier alpha value is -0.250. The second-order valence-electron chi connectivity index (χ2n) is 11.0. The van der Waals surface area contributed by atoms with E-state index in [4.69, 9.17) is 18.4 Å². The van der Waals surface area contributed by atoms with Gasteiger partial charge in [0.25, 0.3) is 0 Å². The van der Waals surface area contributed by atoms with Crippen LogP contribution in [0, 0.1) is 5.41 Å². The van der Waals surface area contributed by atoms with Crippen molar-refractivity contribution in [3.05, 3.63) is 0 Å². The minimum atomic E-state index is -4.76. The van der Waals surface area contributed by atoms with Gasteiger partial charge in [0.15, 0.2) is 0 Å². The first-order valence-corrected chi connectivity index (χ1v) is 17.0. The van der Waals surface area contributed by atoms with Crippen LogP contribution in [0.1, 0.15) is 142 Å². The van der Waals surface area contributed by atoms with Crippen LogP contribution in [0.15, 0.2) is 0 Å². The van der Waals surface area contributed by atoms with Gasteiger partial charge in [-0.1, -0.05) is 117 Å².